The number of ether oxygens (including phenoxy) is 1. The Hall–Kier alpha value is -2.90. The Labute approximate surface area is 184 Å². The summed E-state index contributed by atoms with van der Waals surface area (Å²) in [7, 11) is 1.75. The van der Waals surface area contributed by atoms with Gasteiger partial charge in [0.2, 0.25) is 0 Å². The van der Waals surface area contributed by atoms with Gasteiger partial charge in [-0.05, 0) is 30.2 Å². The lowest BCUT2D eigenvalue weighted by Crippen LogP contribution is -2.41. The molecule has 3 rings (SSSR count). The molecule has 1 saturated heterocycles. The first kappa shape index (κ1) is 22.8. The fraction of sp³-hybridized carbons (Fsp3) is 0.417. The summed E-state index contributed by atoms with van der Waals surface area (Å²) >= 11 is 0. The van der Waals surface area contributed by atoms with Gasteiger partial charge in [-0.15, -0.1) is 0 Å². The Bertz CT molecular complexity index is 878. The third-order valence-corrected chi connectivity index (χ3v) is 5.27. The molecule has 2 aromatic carbocycles. The van der Waals surface area contributed by atoms with Crippen LogP contribution in [0.15, 0.2) is 53.5 Å². The minimum absolute atomic E-state index is 0.0644. The van der Waals surface area contributed by atoms with Crippen LogP contribution in [0.25, 0.3) is 0 Å². The molecule has 3 N–H and O–H groups in total. The highest BCUT2D eigenvalue weighted by molar-refractivity contribution is 5.94. The maximum absolute atomic E-state index is 12.2. The van der Waals surface area contributed by atoms with Crippen LogP contribution in [-0.2, 0) is 17.8 Å². The molecule has 31 heavy (non-hydrogen) atoms. The van der Waals surface area contributed by atoms with Gasteiger partial charge < -0.3 is 20.7 Å². The van der Waals surface area contributed by atoms with Crippen molar-refractivity contribution in [3.63, 3.8) is 0 Å². The lowest BCUT2D eigenvalue weighted by atomic mass is 10.1. The summed E-state index contributed by atoms with van der Waals surface area (Å²) in [6.45, 7) is 8.25. The number of amides is 1. The number of hydrogen-bond acceptors (Lipinski definition) is 4. The normalized spacial score (nSPS) is 14.8. The number of nitrogens with zero attached hydrogens (tertiary/aromatic N) is 2. The van der Waals surface area contributed by atoms with E-state index < -0.39 is 0 Å². The smallest absolute Gasteiger partial charge is 0.251 e. The van der Waals surface area contributed by atoms with E-state index in [0.717, 1.165) is 38.4 Å². The second kappa shape index (κ2) is 12.1. The Kier molecular flexibility index (Phi) is 8.87. The van der Waals surface area contributed by atoms with E-state index in [0.29, 0.717) is 31.2 Å². The fourth-order valence-electron chi connectivity index (χ4n) is 3.53. The topological polar surface area (TPSA) is 78.0 Å². The van der Waals surface area contributed by atoms with Gasteiger partial charge in [0.15, 0.2) is 5.96 Å². The molecule has 1 aliphatic heterocycles. The van der Waals surface area contributed by atoms with Gasteiger partial charge in [-0.2, -0.15) is 0 Å². The van der Waals surface area contributed by atoms with Gasteiger partial charge in [0, 0.05) is 51.9 Å². The molecule has 0 aromatic heterocycles. The number of aliphatic imine (C=N–C) groups is 1. The molecular weight excluding hydrogens is 390 g/mol. The summed E-state index contributed by atoms with van der Waals surface area (Å²) in [4.78, 5) is 18.9. The van der Waals surface area contributed by atoms with E-state index in [1.165, 1.54) is 11.1 Å². The van der Waals surface area contributed by atoms with Crippen molar-refractivity contribution in [3.05, 3.63) is 70.8 Å². The molecule has 0 radical (unpaired) electrons. The summed E-state index contributed by atoms with van der Waals surface area (Å²) in [5, 5.41) is 9.56. The van der Waals surface area contributed by atoms with E-state index in [4.69, 9.17) is 4.74 Å². The molecule has 7 nitrogen and oxygen atoms in total. The van der Waals surface area contributed by atoms with Crippen LogP contribution in [0.1, 0.15) is 27.0 Å². The minimum atomic E-state index is -0.0644. The standard InChI is InChI=1S/C24H33N5O2/c1-19-6-5-9-20(16-19)23(30)26-10-11-27-24(25-2)28-17-21-7-3-4-8-22(21)18-29-12-14-31-15-13-29/h3-9,16H,10-15,17-18H2,1-2H3,(H,26,30)(H2,25,27,28). The maximum atomic E-state index is 12.2. The minimum Gasteiger partial charge on any atom is -0.379 e. The first-order chi connectivity index (χ1) is 15.2. The Morgan fingerprint density at radius 3 is 2.48 bits per heavy atom. The second-order valence-electron chi connectivity index (χ2n) is 7.64. The first-order valence-corrected chi connectivity index (χ1v) is 10.8. The van der Waals surface area contributed by atoms with Gasteiger partial charge >= 0.3 is 0 Å². The Morgan fingerprint density at radius 2 is 1.74 bits per heavy atom. The SMILES string of the molecule is CN=C(NCCNC(=O)c1cccc(C)c1)NCc1ccccc1CN1CCOCC1. The number of morpholine rings is 1. The van der Waals surface area contributed by atoms with Crippen molar-refractivity contribution in [2.75, 3.05) is 46.4 Å². The van der Waals surface area contributed by atoms with Crippen LogP contribution < -0.4 is 16.0 Å². The molecule has 0 saturated carbocycles. The number of benzene rings is 2. The second-order valence-corrected chi connectivity index (χ2v) is 7.64. The lowest BCUT2D eigenvalue weighted by Gasteiger charge is -2.27. The molecule has 166 valence electrons. The van der Waals surface area contributed by atoms with Crippen LogP contribution in [0.5, 0.6) is 0 Å². The van der Waals surface area contributed by atoms with Crippen molar-refractivity contribution < 1.29 is 9.53 Å². The number of hydrogen-bond donors (Lipinski definition) is 3. The summed E-state index contributed by atoms with van der Waals surface area (Å²) in [6, 6.07) is 16.1. The highest BCUT2D eigenvalue weighted by Gasteiger charge is 2.13. The van der Waals surface area contributed by atoms with Crippen LogP contribution >= 0.6 is 0 Å². The zero-order chi connectivity index (χ0) is 21.9. The zero-order valence-electron chi connectivity index (χ0n) is 18.5. The quantitative estimate of drug-likeness (QED) is 0.344. The largest absolute Gasteiger partial charge is 0.379 e. The maximum Gasteiger partial charge on any atom is 0.251 e. The predicted molar refractivity (Wildman–Crippen MR) is 124 cm³/mol. The summed E-state index contributed by atoms with van der Waals surface area (Å²) in [6.07, 6.45) is 0. The number of carbonyl (C=O) groups excluding carboxylic acids is 1. The molecule has 0 spiro atoms. The highest BCUT2D eigenvalue weighted by atomic mass is 16.5. The average molecular weight is 424 g/mol. The molecule has 7 heteroatoms. The van der Waals surface area contributed by atoms with E-state index in [9.17, 15) is 4.79 Å². The third kappa shape index (κ3) is 7.38. The molecule has 1 heterocycles. The van der Waals surface area contributed by atoms with Crippen molar-refractivity contribution in [3.8, 4) is 0 Å². The zero-order valence-corrected chi connectivity index (χ0v) is 18.5. The van der Waals surface area contributed by atoms with Crippen molar-refractivity contribution >= 4 is 11.9 Å². The van der Waals surface area contributed by atoms with Gasteiger partial charge in [-0.1, -0.05) is 42.0 Å². The van der Waals surface area contributed by atoms with Crippen molar-refractivity contribution in [2.24, 2.45) is 4.99 Å². The highest BCUT2D eigenvalue weighted by Crippen LogP contribution is 2.13. The molecule has 1 fully saturated rings. The summed E-state index contributed by atoms with van der Waals surface area (Å²) in [5.74, 6) is 0.650. The number of nitrogens with one attached hydrogen (secondary N) is 3. The number of rotatable bonds is 8. The Balaban J connectivity index is 1.43. The van der Waals surface area contributed by atoms with Crippen LogP contribution in [0.2, 0.25) is 0 Å². The monoisotopic (exact) mass is 423 g/mol. The van der Waals surface area contributed by atoms with E-state index in [2.05, 4.69) is 50.1 Å². The molecule has 2 aromatic rings. The van der Waals surface area contributed by atoms with Gasteiger partial charge in [0.05, 0.1) is 13.2 Å². The van der Waals surface area contributed by atoms with E-state index in [-0.39, 0.29) is 5.91 Å². The van der Waals surface area contributed by atoms with Crippen LogP contribution in [0, 0.1) is 6.92 Å². The van der Waals surface area contributed by atoms with Crippen LogP contribution in [-0.4, -0.2) is 63.2 Å². The van der Waals surface area contributed by atoms with Gasteiger partial charge in [-0.3, -0.25) is 14.7 Å². The number of guanidine groups is 1. The fourth-order valence-corrected chi connectivity index (χ4v) is 3.53. The molecule has 0 bridgehead atoms. The molecule has 1 amide bonds. The van der Waals surface area contributed by atoms with E-state index in [1.54, 1.807) is 7.05 Å². The molecule has 1 aliphatic rings. The van der Waals surface area contributed by atoms with E-state index >= 15 is 0 Å². The van der Waals surface area contributed by atoms with E-state index in [1.807, 2.05) is 31.2 Å². The molecule has 0 unspecified atom stereocenters. The van der Waals surface area contributed by atoms with Crippen LogP contribution in [0.4, 0.5) is 0 Å². The number of carbonyl (C=O) groups is 1. The van der Waals surface area contributed by atoms with Crippen LogP contribution in [0.3, 0.4) is 0 Å². The van der Waals surface area contributed by atoms with Crippen molar-refractivity contribution in [2.45, 2.75) is 20.0 Å². The molecular formula is C24H33N5O2. The Morgan fingerprint density at radius 1 is 1.00 bits per heavy atom. The molecule has 0 atom stereocenters. The predicted octanol–water partition coefficient (Wildman–Crippen LogP) is 1.92. The summed E-state index contributed by atoms with van der Waals surface area (Å²) in [5.41, 5.74) is 4.33. The van der Waals surface area contributed by atoms with Crippen molar-refractivity contribution in [1.29, 1.82) is 0 Å². The van der Waals surface area contributed by atoms with Gasteiger partial charge in [-0.25, -0.2) is 0 Å². The number of aryl methyl sites for hydroxylation is 1. The summed E-state index contributed by atoms with van der Waals surface area (Å²) < 4.78 is 5.45. The van der Waals surface area contributed by atoms with Gasteiger partial charge in [0.1, 0.15) is 0 Å². The van der Waals surface area contributed by atoms with Gasteiger partial charge in [0.25, 0.3) is 5.91 Å². The van der Waals surface area contributed by atoms with Crippen molar-refractivity contribution in [1.82, 2.24) is 20.9 Å². The third-order valence-electron chi connectivity index (χ3n) is 5.27. The lowest BCUT2D eigenvalue weighted by molar-refractivity contribution is 0.0341. The first-order valence-electron chi connectivity index (χ1n) is 10.8. The molecule has 0 aliphatic carbocycles. The average Bonchev–Trinajstić information content (AvgIpc) is 2.80.